The van der Waals surface area contributed by atoms with Crippen molar-refractivity contribution >= 4 is 23.7 Å². The van der Waals surface area contributed by atoms with Crippen molar-refractivity contribution in [2.24, 2.45) is 17.6 Å². The predicted molar refractivity (Wildman–Crippen MR) is 104 cm³/mol. The lowest BCUT2D eigenvalue weighted by atomic mass is 10.1. The number of nitrogens with two attached hydrogens (primary N) is 1. The number of ether oxygens (including phenoxy) is 1. The van der Waals surface area contributed by atoms with Gasteiger partial charge in [0.1, 0.15) is 17.6 Å². The third-order valence-electron chi connectivity index (χ3n) is 5.59. The molecule has 8 heteroatoms. The van der Waals surface area contributed by atoms with Crippen molar-refractivity contribution < 1.29 is 4.74 Å². The number of fused-ring (bicyclic) bond motifs is 2. The van der Waals surface area contributed by atoms with Gasteiger partial charge in [-0.15, -0.1) is 12.4 Å². The highest BCUT2D eigenvalue weighted by atomic mass is 35.5. The molecule has 2 N–H and O–H groups in total. The second-order valence-corrected chi connectivity index (χ2v) is 6.97. The van der Waals surface area contributed by atoms with Crippen molar-refractivity contribution in [2.45, 2.75) is 6.04 Å². The van der Waals surface area contributed by atoms with Crippen LogP contribution in [-0.4, -0.2) is 40.8 Å². The van der Waals surface area contributed by atoms with E-state index in [1.165, 1.54) is 0 Å². The fourth-order valence-electron chi connectivity index (χ4n) is 4.00. The Morgan fingerprint density at radius 3 is 2.67 bits per heavy atom. The van der Waals surface area contributed by atoms with Crippen LogP contribution in [0.1, 0.15) is 5.56 Å². The number of pyridine rings is 2. The molecule has 3 aromatic rings. The van der Waals surface area contributed by atoms with Gasteiger partial charge < -0.3 is 15.4 Å². The Labute approximate surface area is 162 Å². The zero-order chi connectivity index (χ0) is 17.8. The standard InChI is InChI=1S/C19H18N6O.ClH/c1-26-13-4-14(19-12(5-20)7-23-25(19)8-13)11-2-3-17(22-6-11)24-9-15-16(10-24)18(15)21;/h2-4,6-8,15-16,18H,9-10,21H2,1H3;1H. The smallest absolute Gasteiger partial charge is 0.137 e. The summed E-state index contributed by atoms with van der Waals surface area (Å²) in [5.74, 6) is 2.90. The zero-order valence-electron chi connectivity index (χ0n) is 14.7. The van der Waals surface area contributed by atoms with Crippen LogP contribution in [0.25, 0.3) is 16.6 Å². The molecule has 1 aliphatic heterocycles. The van der Waals surface area contributed by atoms with Gasteiger partial charge in [-0.05, 0) is 30.0 Å². The molecule has 27 heavy (non-hydrogen) atoms. The molecule has 1 saturated carbocycles. The zero-order valence-corrected chi connectivity index (χ0v) is 15.6. The molecule has 0 radical (unpaired) electrons. The Bertz CT molecular complexity index is 1030. The molecule has 3 aromatic heterocycles. The van der Waals surface area contributed by atoms with Crippen molar-refractivity contribution in [3.05, 3.63) is 42.4 Å². The lowest BCUT2D eigenvalue weighted by Crippen LogP contribution is -2.28. The molecule has 2 aliphatic rings. The van der Waals surface area contributed by atoms with E-state index in [-0.39, 0.29) is 12.4 Å². The summed E-state index contributed by atoms with van der Waals surface area (Å²) in [5.41, 5.74) is 9.11. The molecule has 2 fully saturated rings. The van der Waals surface area contributed by atoms with Gasteiger partial charge in [0.15, 0.2) is 0 Å². The number of hydrogen-bond donors (Lipinski definition) is 1. The first kappa shape index (κ1) is 17.6. The van der Waals surface area contributed by atoms with E-state index >= 15 is 0 Å². The number of rotatable bonds is 3. The van der Waals surface area contributed by atoms with Crippen LogP contribution in [0.15, 0.2) is 36.8 Å². The largest absolute Gasteiger partial charge is 0.495 e. The molecule has 2 atom stereocenters. The van der Waals surface area contributed by atoms with E-state index < -0.39 is 0 Å². The molecular formula is C19H19ClN6O. The van der Waals surface area contributed by atoms with E-state index in [0.29, 0.717) is 29.2 Å². The lowest BCUT2D eigenvalue weighted by Gasteiger charge is -2.20. The molecule has 1 saturated heterocycles. The molecule has 0 spiro atoms. The molecule has 0 bridgehead atoms. The second-order valence-electron chi connectivity index (χ2n) is 6.97. The summed E-state index contributed by atoms with van der Waals surface area (Å²) < 4.78 is 7.05. The number of nitrogens with zero attached hydrogens (tertiary/aromatic N) is 5. The number of piperidine rings is 1. The van der Waals surface area contributed by atoms with Crippen LogP contribution < -0.4 is 15.4 Å². The number of anilines is 1. The second kappa shape index (κ2) is 6.41. The van der Waals surface area contributed by atoms with Crippen molar-refractivity contribution in [1.29, 1.82) is 5.26 Å². The van der Waals surface area contributed by atoms with Crippen molar-refractivity contribution in [1.82, 2.24) is 14.6 Å². The van der Waals surface area contributed by atoms with Crippen LogP contribution in [0.2, 0.25) is 0 Å². The van der Waals surface area contributed by atoms with Crippen molar-refractivity contribution in [3.8, 4) is 22.9 Å². The Morgan fingerprint density at radius 1 is 1.26 bits per heavy atom. The summed E-state index contributed by atoms with van der Waals surface area (Å²) in [7, 11) is 1.62. The van der Waals surface area contributed by atoms with E-state index in [0.717, 1.165) is 35.6 Å². The van der Waals surface area contributed by atoms with Gasteiger partial charge in [0, 0.05) is 36.5 Å². The first-order valence-electron chi connectivity index (χ1n) is 8.62. The third kappa shape index (κ3) is 2.69. The summed E-state index contributed by atoms with van der Waals surface area (Å²) in [6, 6.07) is 8.56. The number of methoxy groups -OCH3 is 1. The van der Waals surface area contributed by atoms with E-state index in [1.54, 1.807) is 24.0 Å². The normalized spacial score (nSPS) is 22.9. The number of nitriles is 1. The maximum absolute atomic E-state index is 9.39. The van der Waals surface area contributed by atoms with Crippen molar-refractivity contribution in [2.75, 3.05) is 25.1 Å². The summed E-state index contributed by atoms with van der Waals surface area (Å²) in [5, 5.41) is 13.7. The molecule has 5 rings (SSSR count). The Kier molecular flexibility index (Phi) is 4.17. The van der Waals surface area contributed by atoms with E-state index in [1.807, 2.05) is 24.4 Å². The molecule has 4 heterocycles. The Balaban J connectivity index is 0.00000180. The summed E-state index contributed by atoms with van der Waals surface area (Å²) in [4.78, 5) is 6.95. The minimum absolute atomic E-state index is 0. The Hall–Kier alpha value is -2.82. The van der Waals surface area contributed by atoms with E-state index in [4.69, 9.17) is 10.5 Å². The molecule has 138 valence electrons. The topological polar surface area (TPSA) is 92.5 Å². The SMILES string of the molecule is COc1cc(-c2ccc(N3CC4C(N)C4C3)nc2)c2c(C#N)cnn2c1.Cl. The molecule has 0 aromatic carbocycles. The van der Waals surface area contributed by atoms with Gasteiger partial charge >= 0.3 is 0 Å². The minimum atomic E-state index is 0. The summed E-state index contributed by atoms with van der Waals surface area (Å²) >= 11 is 0. The van der Waals surface area contributed by atoms with Gasteiger partial charge in [-0.2, -0.15) is 10.4 Å². The van der Waals surface area contributed by atoms with Gasteiger partial charge in [-0.3, -0.25) is 0 Å². The van der Waals surface area contributed by atoms with Gasteiger partial charge in [-0.25, -0.2) is 9.50 Å². The van der Waals surface area contributed by atoms with Crippen molar-refractivity contribution in [3.63, 3.8) is 0 Å². The highest BCUT2D eigenvalue weighted by Gasteiger charge is 2.53. The van der Waals surface area contributed by atoms with Gasteiger partial charge in [-0.1, -0.05) is 0 Å². The van der Waals surface area contributed by atoms with Gasteiger partial charge in [0.05, 0.1) is 30.6 Å². The van der Waals surface area contributed by atoms with Crippen LogP contribution in [0.4, 0.5) is 5.82 Å². The van der Waals surface area contributed by atoms with Crippen LogP contribution in [0.5, 0.6) is 5.75 Å². The average Bonchev–Trinajstić information content (AvgIpc) is 3.08. The Morgan fingerprint density at radius 2 is 2.04 bits per heavy atom. The third-order valence-corrected chi connectivity index (χ3v) is 5.59. The first-order valence-corrected chi connectivity index (χ1v) is 8.62. The van der Waals surface area contributed by atoms with Crippen LogP contribution >= 0.6 is 12.4 Å². The summed E-state index contributed by atoms with van der Waals surface area (Å²) in [6.45, 7) is 1.98. The number of aromatic nitrogens is 3. The number of hydrogen-bond acceptors (Lipinski definition) is 6. The monoisotopic (exact) mass is 382 g/mol. The molecule has 2 unspecified atom stereocenters. The minimum Gasteiger partial charge on any atom is -0.495 e. The molecule has 7 nitrogen and oxygen atoms in total. The maximum Gasteiger partial charge on any atom is 0.137 e. The van der Waals surface area contributed by atoms with Crippen LogP contribution in [0.3, 0.4) is 0 Å². The predicted octanol–water partition coefficient (Wildman–Crippen LogP) is 2.09. The highest BCUT2D eigenvalue weighted by Crippen LogP contribution is 2.45. The van der Waals surface area contributed by atoms with Crippen LogP contribution in [0, 0.1) is 23.2 Å². The number of halogens is 1. The van der Waals surface area contributed by atoms with Crippen LogP contribution in [-0.2, 0) is 0 Å². The fraction of sp³-hybridized carbons (Fsp3) is 0.316. The fourth-order valence-corrected chi connectivity index (χ4v) is 4.00. The van der Waals surface area contributed by atoms with E-state index in [2.05, 4.69) is 21.1 Å². The maximum atomic E-state index is 9.39. The molecule has 0 amide bonds. The highest BCUT2D eigenvalue weighted by molar-refractivity contribution is 5.85. The summed E-state index contributed by atoms with van der Waals surface area (Å²) in [6.07, 6.45) is 5.18. The van der Waals surface area contributed by atoms with Gasteiger partial charge in [0.25, 0.3) is 0 Å². The average molecular weight is 383 g/mol. The molecule has 1 aliphatic carbocycles. The van der Waals surface area contributed by atoms with E-state index in [9.17, 15) is 5.26 Å². The molecular weight excluding hydrogens is 364 g/mol. The lowest BCUT2D eigenvalue weighted by molar-refractivity contribution is 0.412. The van der Waals surface area contributed by atoms with Gasteiger partial charge in [0.2, 0.25) is 0 Å². The quantitative estimate of drug-likeness (QED) is 0.745. The first-order chi connectivity index (χ1) is 12.7.